The van der Waals surface area contributed by atoms with Gasteiger partial charge in [0.2, 0.25) is 0 Å². The first-order chi connectivity index (χ1) is 9.10. The van der Waals surface area contributed by atoms with Gasteiger partial charge in [-0.3, -0.25) is 0 Å². The number of nitrogen functional groups attached to an aromatic ring is 1. The quantitative estimate of drug-likeness (QED) is 0.658. The monoisotopic (exact) mass is 341 g/mol. The number of hydrogen-bond donors (Lipinski definition) is 1. The predicted molar refractivity (Wildman–Crippen MR) is 81.1 cm³/mol. The molecule has 2 aromatic carbocycles. The summed E-state index contributed by atoms with van der Waals surface area (Å²) in [6.45, 7) is 0. The number of methoxy groups -OCH3 is 1. The third-order valence-electron chi connectivity index (χ3n) is 2.58. The molecule has 100 valence electrons. The summed E-state index contributed by atoms with van der Waals surface area (Å²) >= 11 is 4.86. The Bertz CT molecular complexity index is 592. The van der Waals surface area contributed by atoms with Crippen LogP contribution in [0.5, 0.6) is 5.75 Å². The molecule has 2 N–H and O–H groups in total. The Labute approximate surface area is 124 Å². The predicted octanol–water partition coefficient (Wildman–Crippen LogP) is 4.47. The first kappa shape index (κ1) is 14.2. The number of ether oxygens (including phenoxy) is 1. The molecule has 0 fully saturated rings. The molecule has 0 spiro atoms. The highest BCUT2D eigenvalue weighted by Crippen LogP contribution is 2.33. The largest absolute Gasteiger partial charge is 0.496 e. The van der Waals surface area contributed by atoms with E-state index < -0.39 is 0 Å². The number of hydrogen-bond acceptors (Lipinski definition) is 3. The summed E-state index contributed by atoms with van der Waals surface area (Å²) in [5, 5.41) is 0. The van der Waals surface area contributed by atoms with Crippen molar-refractivity contribution in [3.8, 4) is 5.75 Å². The second kappa shape index (κ2) is 6.30. The van der Waals surface area contributed by atoms with Crippen LogP contribution >= 0.6 is 27.7 Å². The molecule has 0 bridgehead atoms. The van der Waals surface area contributed by atoms with Crippen molar-refractivity contribution in [3.63, 3.8) is 0 Å². The van der Waals surface area contributed by atoms with Crippen molar-refractivity contribution < 1.29 is 9.13 Å². The summed E-state index contributed by atoms with van der Waals surface area (Å²) in [4.78, 5) is 0.941. The fourth-order valence-corrected chi connectivity index (χ4v) is 3.00. The molecule has 2 aromatic rings. The Morgan fingerprint density at radius 1 is 1.26 bits per heavy atom. The number of benzene rings is 2. The average molecular weight is 342 g/mol. The van der Waals surface area contributed by atoms with E-state index in [-0.39, 0.29) is 5.82 Å². The van der Waals surface area contributed by atoms with Crippen molar-refractivity contribution in [1.82, 2.24) is 0 Å². The van der Waals surface area contributed by atoms with E-state index in [4.69, 9.17) is 10.5 Å². The van der Waals surface area contributed by atoms with E-state index in [0.29, 0.717) is 22.8 Å². The van der Waals surface area contributed by atoms with Crippen LogP contribution in [0.3, 0.4) is 0 Å². The first-order valence-electron chi connectivity index (χ1n) is 5.60. The fraction of sp³-hybridized carbons (Fsp3) is 0.143. The van der Waals surface area contributed by atoms with E-state index in [9.17, 15) is 4.39 Å². The zero-order chi connectivity index (χ0) is 13.8. The number of rotatable bonds is 4. The van der Waals surface area contributed by atoms with Crippen LogP contribution in [0.1, 0.15) is 5.56 Å². The van der Waals surface area contributed by atoms with Gasteiger partial charge in [-0.05, 0) is 35.9 Å². The van der Waals surface area contributed by atoms with Crippen LogP contribution in [0.15, 0.2) is 45.8 Å². The molecule has 0 aliphatic carbocycles. The molecule has 0 heterocycles. The molecular formula is C14H13BrFNOS. The van der Waals surface area contributed by atoms with Crippen molar-refractivity contribution in [1.29, 1.82) is 0 Å². The Morgan fingerprint density at radius 2 is 2.05 bits per heavy atom. The molecule has 2 rings (SSSR count). The molecule has 0 unspecified atom stereocenters. The molecule has 0 saturated carbocycles. The lowest BCUT2D eigenvalue weighted by Crippen LogP contribution is -1.92. The van der Waals surface area contributed by atoms with E-state index in [1.165, 1.54) is 17.8 Å². The topological polar surface area (TPSA) is 35.2 Å². The van der Waals surface area contributed by atoms with Crippen LogP contribution in [-0.4, -0.2) is 7.11 Å². The second-order valence-electron chi connectivity index (χ2n) is 3.93. The Balaban J connectivity index is 2.16. The van der Waals surface area contributed by atoms with Gasteiger partial charge >= 0.3 is 0 Å². The Kier molecular flexibility index (Phi) is 4.71. The Morgan fingerprint density at radius 3 is 2.79 bits per heavy atom. The average Bonchev–Trinajstić information content (AvgIpc) is 2.40. The summed E-state index contributed by atoms with van der Waals surface area (Å²) in [7, 11) is 1.60. The van der Waals surface area contributed by atoms with Crippen molar-refractivity contribution in [2.75, 3.05) is 12.8 Å². The van der Waals surface area contributed by atoms with Gasteiger partial charge in [0.25, 0.3) is 0 Å². The zero-order valence-electron chi connectivity index (χ0n) is 10.3. The van der Waals surface area contributed by atoms with Gasteiger partial charge in [0.05, 0.1) is 7.11 Å². The maximum Gasteiger partial charge on any atom is 0.134 e. The van der Waals surface area contributed by atoms with Gasteiger partial charge in [0, 0.05) is 26.9 Å². The maximum atomic E-state index is 13.6. The van der Waals surface area contributed by atoms with E-state index >= 15 is 0 Å². The van der Waals surface area contributed by atoms with Crippen LogP contribution in [0.4, 0.5) is 10.1 Å². The van der Waals surface area contributed by atoms with E-state index in [1.807, 2.05) is 12.1 Å². The van der Waals surface area contributed by atoms with Crippen LogP contribution in [0, 0.1) is 5.82 Å². The van der Waals surface area contributed by atoms with Crippen molar-refractivity contribution in [2.24, 2.45) is 0 Å². The van der Waals surface area contributed by atoms with Gasteiger partial charge in [0.15, 0.2) is 0 Å². The van der Waals surface area contributed by atoms with Crippen LogP contribution in [0.2, 0.25) is 0 Å². The van der Waals surface area contributed by atoms with Crippen LogP contribution in [0.25, 0.3) is 0 Å². The van der Waals surface area contributed by atoms with Crippen molar-refractivity contribution in [3.05, 3.63) is 52.3 Å². The molecule has 0 aromatic heterocycles. The molecule has 0 amide bonds. The lowest BCUT2D eigenvalue weighted by molar-refractivity contribution is 0.405. The molecule has 19 heavy (non-hydrogen) atoms. The van der Waals surface area contributed by atoms with E-state index in [1.54, 1.807) is 25.3 Å². The first-order valence-corrected chi connectivity index (χ1v) is 7.38. The summed E-state index contributed by atoms with van der Waals surface area (Å²) in [5.74, 6) is 1.04. The van der Waals surface area contributed by atoms with Gasteiger partial charge in [-0.15, -0.1) is 11.8 Å². The zero-order valence-corrected chi connectivity index (χ0v) is 12.7. The molecule has 0 radical (unpaired) electrons. The van der Waals surface area contributed by atoms with Crippen LogP contribution in [-0.2, 0) is 5.75 Å². The fourth-order valence-electron chi connectivity index (χ4n) is 1.61. The smallest absolute Gasteiger partial charge is 0.134 e. The van der Waals surface area contributed by atoms with Gasteiger partial charge in [-0.1, -0.05) is 15.9 Å². The third kappa shape index (κ3) is 3.64. The van der Waals surface area contributed by atoms with Crippen molar-refractivity contribution in [2.45, 2.75) is 10.6 Å². The second-order valence-corrected chi connectivity index (χ2v) is 5.87. The normalized spacial score (nSPS) is 10.5. The minimum Gasteiger partial charge on any atom is -0.496 e. The molecule has 0 aliphatic heterocycles. The molecular weight excluding hydrogens is 329 g/mol. The number of thioether (sulfide) groups is 1. The minimum atomic E-state index is -0.204. The third-order valence-corrected chi connectivity index (χ3v) is 4.18. The highest BCUT2D eigenvalue weighted by molar-refractivity contribution is 9.10. The standard InChI is InChI=1S/C14H13BrFNOS/c1-18-13-7-11(17)3-5-14(13)19-8-9-6-10(15)2-4-12(9)16/h2-7H,8,17H2,1H3. The number of anilines is 1. The minimum absolute atomic E-state index is 0.204. The SMILES string of the molecule is COc1cc(N)ccc1SCc1cc(Br)ccc1F. The summed E-state index contributed by atoms with van der Waals surface area (Å²) in [5.41, 5.74) is 7.00. The van der Waals surface area contributed by atoms with Gasteiger partial charge < -0.3 is 10.5 Å². The van der Waals surface area contributed by atoms with Crippen LogP contribution < -0.4 is 10.5 Å². The lowest BCUT2D eigenvalue weighted by Gasteiger charge is -2.09. The van der Waals surface area contributed by atoms with Gasteiger partial charge in [-0.2, -0.15) is 0 Å². The maximum absolute atomic E-state index is 13.6. The Hall–Kier alpha value is -1.20. The van der Waals surface area contributed by atoms with E-state index in [2.05, 4.69) is 15.9 Å². The summed E-state index contributed by atoms with van der Waals surface area (Å²) in [6, 6.07) is 10.4. The van der Waals surface area contributed by atoms with E-state index in [0.717, 1.165) is 9.37 Å². The summed E-state index contributed by atoms with van der Waals surface area (Å²) in [6.07, 6.45) is 0. The summed E-state index contributed by atoms with van der Waals surface area (Å²) < 4.78 is 19.8. The molecule has 0 atom stereocenters. The highest BCUT2D eigenvalue weighted by Gasteiger charge is 2.07. The van der Waals surface area contributed by atoms with Crippen molar-refractivity contribution >= 4 is 33.4 Å². The molecule has 2 nitrogen and oxygen atoms in total. The van der Waals surface area contributed by atoms with Gasteiger partial charge in [0.1, 0.15) is 11.6 Å². The van der Waals surface area contributed by atoms with Gasteiger partial charge in [-0.25, -0.2) is 4.39 Å². The molecule has 0 saturated heterocycles. The molecule has 5 heteroatoms. The molecule has 0 aliphatic rings. The lowest BCUT2D eigenvalue weighted by atomic mass is 10.2. The number of nitrogens with two attached hydrogens (primary N) is 1. The highest BCUT2D eigenvalue weighted by atomic mass is 79.9. The number of halogens is 2.